The summed E-state index contributed by atoms with van der Waals surface area (Å²) in [5.74, 6) is 0.189. The summed E-state index contributed by atoms with van der Waals surface area (Å²) in [5, 5.41) is 11.9. The Labute approximate surface area is 197 Å². The zero-order chi connectivity index (χ0) is 23.1. The molecule has 2 heterocycles. The molecule has 0 saturated heterocycles. The number of carbonyl (C=O) groups excluding carboxylic acids is 1. The molecule has 4 aromatic rings. The zero-order valence-electron chi connectivity index (χ0n) is 17.2. The van der Waals surface area contributed by atoms with Gasteiger partial charge in [0.1, 0.15) is 5.76 Å². The Morgan fingerprint density at radius 3 is 2.61 bits per heavy atom. The van der Waals surface area contributed by atoms with Crippen molar-refractivity contribution in [1.82, 2.24) is 0 Å². The fraction of sp³-hybridized carbons (Fsp3) is 0.0417. The van der Waals surface area contributed by atoms with Crippen molar-refractivity contribution >= 4 is 46.3 Å². The van der Waals surface area contributed by atoms with Crippen molar-refractivity contribution in [1.29, 1.82) is 0 Å². The Morgan fingerprint density at radius 2 is 1.82 bits per heavy atom. The number of benzene rings is 3. The van der Waals surface area contributed by atoms with E-state index < -0.39 is 4.92 Å². The number of methoxy groups -OCH3 is 1. The van der Waals surface area contributed by atoms with E-state index in [-0.39, 0.29) is 23.1 Å². The first-order valence-corrected chi connectivity index (χ1v) is 11.0. The van der Waals surface area contributed by atoms with Crippen molar-refractivity contribution in [3.05, 3.63) is 93.7 Å². The van der Waals surface area contributed by atoms with Crippen LogP contribution in [0.15, 0.2) is 87.0 Å². The second kappa shape index (κ2) is 8.31. The van der Waals surface area contributed by atoms with Crippen molar-refractivity contribution in [2.45, 2.75) is 9.79 Å². The van der Waals surface area contributed by atoms with E-state index in [0.717, 1.165) is 15.5 Å². The molecule has 1 aliphatic heterocycles. The number of nitrogens with zero attached hydrogens (tertiary/aromatic N) is 2. The van der Waals surface area contributed by atoms with Crippen LogP contribution in [0.25, 0.3) is 11.3 Å². The van der Waals surface area contributed by atoms with Crippen LogP contribution in [0.3, 0.4) is 0 Å². The van der Waals surface area contributed by atoms with E-state index in [1.165, 1.54) is 19.2 Å². The van der Waals surface area contributed by atoms with E-state index in [4.69, 9.17) is 20.8 Å². The Balaban J connectivity index is 1.56. The van der Waals surface area contributed by atoms with Gasteiger partial charge in [0.25, 0.3) is 5.91 Å². The number of hydrogen-bond donors (Lipinski definition) is 0. The van der Waals surface area contributed by atoms with Crippen LogP contribution in [0, 0.1) is 10.1 Å². The summed E-state index contributed by atoms with van der Waals surface area (Å²) in [6.07, 6.45) is 0. The van der Waals surface area contributed by atoms with Gasteiger partial charge in [-0.15, -0.1) is 0 Å². The molecule has 33 heavy (non-hydrogen) atoms. The van der Waals surface area contributed by atoms with E-state index in [1.54, 1.807) is 47.0 Å². The minimum atomic E-state index is -0.527. The molecule has 0 unspecified atom stereocenters. The highest BCUT2D eigenvalue weighted by atomic mass is 35.5. The van der Waals surface area contributed by atoms with Crippen molar-refractivity contribution < 1.29 is 18.9 Å². The predicted octanol–water partition coefficient (Wildman–Crippen LogP) is 6.96. The van der Waals surface area contributed by atoms with Gasteiger partial charge in [0.05, 0.1) is 23.4 Å². The fourth-order valence-corrected chi connectivity index (χ4v) is 4.86. The van der Waals surface area contributed by atoms with Crippen molar-refractivity contribution in [2.24, 2.45) is 0 Å². The summed E-state index contributed by atoms with van der Waals surface area (Å²) in [6, 6.07) is 20.6. The number of ether oxygens (including phenoxy) is 1. The smallest absolute Gasteiger partial charge is 0.311 e. The molecule has 1 aromatic heterocycles. The van der Waals surface area contributed by atoms with Crippen LogP contribution in [-0.2, 0) is 0 Å². The van der Waals surface area contributed by atoms with E-state index in [0.29, 0.717) is 22.0 Å². The first-order chi connectivity index (χ1) is 16.0. The molecule has 3 aromatic carbocycles. The van der Waals surface area contributed by atoms with Gasteiger partial charge in [0.15, 0.2) is 11.5 Å². The van der Waals surface area contributed by atoms with E-state index in [2.05, 4.69) is 0 Å². The second-order valence-corrected chi connectivity index (χ2v) is 8.65. The van der Waals surface area contributed by atoms with Gasteiger partial charge < -0.3 is 9.15 Å². The minimum Gasteiger partial charge on any atom is -0.490 e. The normalized spacial score (nSPS) is 12.1. The quantitative estimate of drug-likeness (QED) is 0.233. The van der Waals surface area contributed by atoms with Gasteiger partial charge in [0.2, 0.25) is 0 Å². The van der Waals surface area contributed by atoms with Gasteiger partial charge in [-0.2, -0.15) is 0 Å². The Hall–Kier alpha value is -3.75. The molecule has 0 radical (unpaired) electrons. The highest BCUT2D eigenvalue weighted by molar-refractivity contribution is 7.99. The predicted molar refractivity (Wildman–Crippen MR) is 126 cm³/mol. The summed E-state index contributed by atoms with van der Waals surface area (Å²) < 4.78 is 10.9. The fourth-order valence-electron chi connectivity index (χ4n) is 3.65. The number of rotatable bonds is 4. The Morgan fingerprint density at radius 1 is 1.03 bits per heavy atom. The highest BCUT2D eigenvalue weighted by Crippen LogP contribution is 2.49. The first-order valence-electron chi connectivity index (χ1n) is 9.80. The number of nitro benzene ring substituents is 1. The van der Waals surface area contributed by atoms with Crippen molar-refractivity contribution in [3.8, 4) is 17.1 Å². The summed E-state index contributed by atoms with van der Waals surface area (Å²) in [5.41, 5.74) is 1.65. The van der Waals surface area contributed by atoms with Gasteiger partial charge >= 0.3 is 5.69 Å². The summed E-state index contributed by atoms with van der Waals surface area (Å²) in [4.78, 5) is 27.8. The largest absolute Gasteiger partial charge is 0.490 e. The highest BCUT2D eigenvalue weighted by Gasteiger charge is 2.31. The third-order valence-corrected chi connectivity index (χ3v) is 6.53. The number of nitro groups is 1. The second-order valence-electron chi connectivity index (χ2n) is 7.13. The third kappa shape index (κ3) is 3.73. The molecule has 164 valence electrons. The van der Waals surface area contributed by atoms with Crippen LogP contribution in [0.1, 0.15) is 10.6 Å². The third-order valence-electron chi connectivity index (χ3n) is 5.17. The molecular formula is C24H15ClN2O5S. The van der Waals surface area contributed by atoms with Crippen LogP contribution in [-0.4, -0.2) is 17.9 Å². The Bertz CT molecular complexity index is 1420. The lowest BCUT2D eigenvalue weighted by atomic mass is 10.1. The molecular weight excluding hydrogens is 464 g/mol. The van der Waals surface area contributed by atoms with E-state index in [9.17, 15) is 14.9 Å². The average molecular weight is 479 g/mol. The molecule has 7 nitrogen and oxygen atoms in total. The number of anilines is 2. The van der Waals surface area contributed by atoms with Gasteiger partial charge in [-0.1, -0.05) is 35.5 Å². The molecule has 0 atom stereocenters. The van der Waals surface area contributed by atoms with Crippen molar-refractivity contribution in [2.75, 3.05) is 12.0 Å². The standard InChI is InChI=1S/C24H15ClN2O5S/c1-31-20-8-6-14(12-17(20)27(29)30)19-9-10-21(32-19)24(28)26-16-4-2-3-5-22(16)33-23-11-7-15(25)13-18(23)26/h2-13H,1H3. The van der Waals surface area contributed by atoms with E-state index >= 15 is 0 Å². The van der Waals surface area contributed by atoms with Crippen molar-refractivity contribution in [3.63, 3.8) is 0 Å². The molecule has 0 fully saturated rings. The van der Waals surface area contributed by atoms with Crippen LogP contribution < -0.4 is 9.64 Å². The van der Waals surface area contributed by atoms with Crippen LogP contribution in [0.5, 0.6) is 5.75 Å². The number of halogens is 1. The van der Waals surface area contributed by atoms with Crippen LogP contribution >= 0.6 is 23.4 Å². The molecule has 0 saturated carbocycles. The average Bonchev–Trinajstić information content (AvgIpc) is 3.32. The number of carbonyl (C=O) groups is 1. The van der Waals surface area contributed by atoms with Crippen LogP contribution in [0.2, 0.25) is 5.02 Å². The molecule has 1 amide bonds. The summed E-state index contributed by atoms with van der Waals surface area (Å²) in [6.45, 7) is 0. The zero-order valence-corrected chi connectivity index (χ0v) is 18.7. The molecule has 0 bridgehead atoms. The number of hydrogen-bond acceptors (Lipinski definition) is 6. The minimum absolute atomic E-state index is 0.0936. The maximum atomic E-state index is 13.6. The number of para-hydroxylation sites is 1. The molecule has 1 aliphatic rings. The van der Waals surface area contributed by atoms with E-state index in [1.807, 2.05) is 30.3 Å². The van der Waals surface area contributed by atoms with Gasteiger partial charge in [0, 0.05) is 26.4 Å². The summed E-state index contributed by atoms with van der Waals surface area (Å²) >= 11 is 7.79. The van der Waals surface area contributed by atoms with Gasteiger partial charge in [-0.25, -0.2) is 0 Å². The lowest BCUT2D eigenvalue weighted by Gasteiger charge is -2.30. The SMILES string of the molecule is COc1ccc(-c2ccc(C(=O)N3c4ccccc4Sc4ccc(Cl)cc43)o2)cc1[N+](=O)[O-]. The lowest BCUT2D eigenvalue weighted by molar-refractivity contribution is -0.385. The Kier molecular flexibility index (Phi) is 5.32. The molecule has 0 N–H and O–H groups in total. The maximum Gasteiger partial charge on any atom is 0.311 e. The molecule has 9 heteroatoms. The number of fused-ring (bicyclic) bond motifs is 2. The maximum absolute atomic E-state index is 13.6. The van der Waals surface area contributed by atoms with Gasteiger partial charge in [-0.3, -0.25) is 19.8 Å². The first kappa shape index (κ1) is 21.1. The number of amides is 1. The summed E-state index contributed by atoms with van der Waals surface area (Å²) in [7, 11) is 1.37. The topological polar surface area (TPSA) is 85.8 Å². The lowest BCUT2D eigenvalue weighted by Crippen LogP contribution is -2.28. The molecule has 0 aliphatic carbocycles. The van der Waals surface area contributed by atoms with Gasteiger partial charge in [-0.05, 0) is 54.6 Å². The molecule has 0 spiro atoms. The molecule has 5 rings (SSSR count). The van der Waals surface area contributed by atoms with Crippen LogP contribution in [0.4, 0.5) is 17.1 Å². The monoisotopic (exact) mass is 478 g/mol. The number of furan rings is 1.